The molecule has 0 bridgehead atoms. The number of ether oxygens (including phenoxy) is 3. The van der Waals surface area contributed by atoms with Crippen LogP contribution in [0.25, 0.3) is 0 Å². The minimum Gasteiger partial charge on any atom is -0.489 e. The van der Waals surface area contributed by atoms with Crippen molar-refractivity contribution in [3.05, 3.63) is 70.9 Å². The van der Waals surface area contributed by atoms with E-state index >= 15 is 0 Å². The molecular formula is C27H32O6. The molecule has 6 heteroatoms. The quantitative estimate of drug-likeness (QED) is 0.523. The van der Waals surface area contributed by atoms with Gasteiger partial charge in [0.25, 0.3) is 0 Å². The molecule has 2 heterocycles. The van der Waals surface area contributed by atoms with Gasteiger partial charge in [-0.3, -0.25) is 4.79 Å². The van der Waals surface area contributed by atoms with Crippen LogP contribution in [0.1, 0.15) is 58.6 Å². The first-order chi connectivity index (χ1) is 15.7. The zero-order chi connectivity index (χ0) is 23.8. The molecule has 0 fully saturated rings. The summed E-state index contributed by atoms with van der Waals surface area (Å²) in [5.74, 6) is 0.171. The zero-order valence-electron chi connectivity index (χ0n) is 20.0. The van der Waals surface area contributed by atoms with Crippen LogP contribution in [0, 0.1) is 16.7 Å². The lowest BCUT2D eigenvalue weighted by molar-refractivity contribution is -0.152. The van der Waals surface area contributed by atoms with E-state index in [1.54, 1.807) is 18.6 Å². The Morgan fingerprint density at radius 2 is 2.06 bits per heavy atom. The summed E-state index contributed by atoms with van der Waals surface area (Å²) in [4.78, 5) is 24.5. The molecule has 0 radical (unpaired) electrons. The minimum atomic E-state index is -0.395. The van der Waals surface area contributed by atoms with Crippen LogP contribution in [0.4, 0.5) is 0 Å². The molecule has 0 N–H and O–H groups in total. The van der Waals surface area contributed by atoms with Gasteiger partial charge < -0.3 is 18.6 Å². The summed E-state index contributed by atoms with van der Waals surface area (Å²) in [6, 6.07) is 1.85. The van der Waals surface area contributed by atoms with Gasteiger partial charge in [-0.15, -0.1) is 0 Å². The third-order valence-corrected chi connectivity index (χ3v) is 7.39. The first-order valence-corrected chi connectivity index (χ1v) is 11.4. The summed E-state index contributed by atoms with van der Waals surface area (Å²) in [6.45, 7) is 8.71. The Labute approximate surface area is 195 Å². The van der Waals surface area contributed by atoms with E-state index in [2.05, 4.69) is 32.9 Å². The van der Waals surface area contributed by atoms with E-state index in [1.807, 2.05) is 19.1 Å². The number of carbonyl (C=O) groups is 2. The molecule has 4 rings (SSSR count). The molecule has 33 heavy (non-hydrogen) atoms. The van der Waals surface area contributed by atoms with Gasteiger partial charge in [0.15, 0.2) is 0 Å². The third kappa shape index (κ3) is 4.31. The first kappa shape index (κ1) is 23.1. The number of esters is 2. The summed E-state index contributed by atoms with van der Waals surface area (Å²) < 4.78 is 22.2. The Morgan fingerprint density at radius 3 is 2.76 bits per heavy atom. The second kappa shape index (κ2) is 8.73. The Kier molecular flexibility index (Phi) is 6.12. The lowest BCUT2D eigenvalue weighted by Crippen LogP contribution is -2.38. The fourth-order valence-corrected chi connectivity index (χ4v) is 5.33. The van der Waals surface area contributed by atoms with E-state index in [0.717, 1.165) is 40.9 Å². The number of hydrogen-bond donors (Lipinski definition) is 0. The molecular weight excluding hydrogens is 420 g/mol. The lowest BCUT2D eigenvalue weighted by atomic mass is 9.65. The van der Waals surface area contributed by atoms with E-state index in [0.29, 0.717) is 13.0 Å². The molecule has 0 aromatic carbocycles. The molecule has 1 aromatic rings. The Morgan fingerprint density at radius 1 is 1.27 bits per heavy atom. The Bertz CT molecular complexity index is 1050. The molecule has 1 aliphatic heterocycles. The number of allylic oxidation sites excluding steroid dienone is 4. The normalized spacial score (nSPS) is 28.5. The summed E-state index contributed by atoms with van der Waals surface area (Å²) in [6.07, 6.45) is 12.7. The predicted molar refractivity (Wildman–Crippen MR) is 123 cm³/mol. The molecule has 0 saturated heterocycles. The van der Waals surface area contributed by atoms with Gasteiger partial charge in [-0.25, -0.2) is 4.79 Å². The number of carbonyl (C=O) groups excluding carboxylic acids is 2. The summed E-state index contributed by atoms with van der Waals surface area (Å²) >= 11 is 0. The Balaban J connectivity index is 1.57. The third-order valence-electron chi connectivity index (χ3n) is 7.39. The van der Waals surface area contributed by atoms with Gasteiger partial charge in [-0.05, 0) is 54.0 Å². The van der Waals surface area contributed by atoms with Gasteiger partial charge in [0.05, 0.1) is 26.1 Å². The number of methoxy groups -OCH3 is 1. The maximum absolute atomic E-state index is 12.5. The smallest absolute Gasteiger partial charge is 0.331 e. The van der Waals surface area contributed by atoms with E-state index < -0.39 is 6.10 Å². The van der Waals surface area contributed by atoms with Crippen LogP contribution in [-0.4, -0.2) is 25.7 Å². The summed E-state index contributed by atoms with van der Waals surface area (Å²) in [5.41, 5.74) is 3.31. The fourth-order valence-electron chi connectivity index (χ4n) is 5.33. The van der Waals surface area contributed by atoms with Crippen molar-refractivity contribution >= 4 is 11.9 Å². The maximum Gasteiger partial charge on any atom is 0.331 e. The minimum absolute atomic E-state index is 0.00936. The molecule has 0 amide bonds. The molecule has 3 atom stereocenters. The highest BCUT2D eigenvalue weighted by molar-refractivity contribution is 5.86. The highest BCUT2D eigenvalue weighted by Crippen LogP contribution is 2.53. The van der Waals surface area contributed by atoms with Crippen LogP contribution in [0.5, 0.6) is 0 Å². The largest absolute Gasteiger partial charge is 0.489 e. The predicted octanol–water partition coefficient (Wildman–Crippen LogP) is 5.60. The summed E-state index contributed by atoms with van der Waals surface area (Å²) in [7, 11) is 1.41. The van der Waals surface area contributed by atoms with E-state index in [4.69, 9.17) is 18.6 Å². The average Bonchev–Trinajstić information content (AvgIpc) is 3.30. The first-order valence-electron chi connectivity index (χ1n) is 11.4. The fraction of sp³-hybridized carbons (Fsp3) is 0.481. The number of rotatable bonds is 6. The van der Waals surface area contributed by atoms with Crippen molar-refractivity contribution in [2.75, 3.05) is 13.7 Å². The van der Waals surface area contributed by atoms with Gasteiger partial charge in [0.2, 0.25) is 0 Å². The Hall–Kier alpha value is -3.02. The van der Waals surface area contributed by atoms with Crippen molar-refractivity contribution < 1.29 is 28.2 Å². The van der Waals surface area contributed by atoms with Crippen LogP contribution in [0.15, 0.2) is 69.8 Å². The van der Waals surface area contributed by atoms with Gasteiger partial charge in [-0.1, -0.05) is 32.9 Å². The van der Waals surface area contributed by atoms with Crippen LogP contribution in [0.3, 0.4) is 0 Å². The molecule has 3 aliphatic rings. The monoisotopic (exact) mass is 452 g/mol. The van der Waals surface area contributed by atoms with Gasteiger partial charge >= 0.3 is 11.9 Å². The second-order valence-electron chi connectivity index (χ2n) is 9.94. The van der Waals surface area contributed by atoms with E-state index in [9.17, 15) is 9.59 Å². The van der Waals surface area contributed by atoms with E-state index in [1.165, 1.54) is 7.11 Å². The second-order valence-corrected chi connectivity index (χ2v) is 9.94. The molecule has 0 unspecified atom stereocenters. The topological polar surface area (TPSA) is 75.0 Å². The highest BCUT2D eigenvalue weighted by atomic mass is 16.5. The number of hydrogen-bond acceptors (Lipinski definition) is 6. The van der Waals surface area contributed by atoms with Gasteiger partial charge in [0, 0.05) is 23.0 Å². The zero-order valence-corrected chi connectivity index (χ0v) is 20.0. The maximum atomic E-state index is 12.5. The summed E-state index contributed by atoms with van der Waals surface area (Å²) in [5, 5.41) is 0. The van der Waals surface area contributed by atoms with E-state index in [-0.39, 0.29) is 28.7 Å². The van der Waals surface area contributed by atoms with Crippen molar-refractivity contribution in [1.82, 2.24) is 0 Å². The molecule has 0 spiro atoms. The molecule has 176 valence electrons. The van der Waals surface area contributed by atoms with Crippen molar-refractivity contribution in [3.8, 4) is 0 Å². The van der Waals surface area contributed by atoms with Crippen LogP contribution < -0.4 is 0 Å². The highest BCUT2D eigenvalue weighted by Gasteiger charge is 2.47. The SMILES string of the molecule is COC(=O)C[C@@H]1C(C)=C(OCC2=CCC[C@]3(C)C2=CC(=O)O[C@H]3c2ccoc2)C=CC1(C)C. The lowest BCUT2D eigenvalue weighted by Gasteiger charge is -2.44. The number of furan rings is 1. The molecule has 2 aliphatic carbocycles. The van der Waals surface area contributed by atoms with Crippen molar-refractivity contribution in [2.24, 2.45) is 16.7 Å². The van der Waals surface area contributed by atoms with Crippen molar-refractivity contribution in [1.29, 1.82) is 0 Å². The average molecular weight is 453 g/mol. The standard InChI is InChI=1S/C27H32O6/c1-17-20(13-23(28)30-5)26(2,3)11-8-22(17)32-16-18-7-6-10-27(4)21(18)14-24(29)33-25(27)19-9-12-31-15-19/h7-9,11-12,14-15,20,25H,6,10,13,16H2,1-5H3/t20-,25+,27-/m1/s1. The van der Waals surface area contributed by atoms with Crippen molar-refractivity contribution in [2.45, 2.75) is 53.1 Å². The van der Waals surface area contributed by atoms with Crippen molar-refractivity contribution in [3.63, 3.8) is 0 Å². The van der Waals surface area contributed by atoms with Gasteiger partial charge in [0.1, 0.15) is 18.5 Å². The molecule has 6 nitrogen and oxygen atoms in total. The van der Waals surface area contributed by atoms with Crippen LogP contribution in [0.2, 0.25) is 0 Å². The number of fused-ring (bicyclic) bond motifs is 1. The van der Waals surface area contributed by atoms with Crippen LogP contribution in [-0.2, 0) is 23.8 Å². The molecule has 0 saturated carbocycles. The van der Waals surface area contributed by atoms with Crippen LogP contribution >= 0.6 is 0 Å². The van der Waals surface area contributed by atoms with Gasteiger partial charge in [-0.2, -0.15) is 0 Å². The number of cyclic esters (lactones) is 1. The molecule has 1 aromatic heterocycles.